The Morgan fingerprint density at radius 1 is 0.952 bits per heavy atom. The van der Waals surface area contributed by atoms with Gasteiger partial charge < -0.3 is 0 Å². The van der Waals surface area contributed by atoms with Crippen LogP contribution in [0, 0.1) is 0 Å². The summed E-state index contributed by atoms with van der Waals surface area (Å²) >= 11 is 0. The molecule has 0 radical (unpaired) electrons. The van der Waals surface area contributed by atoms with Gasteiger partial charge in [0, 0.05) is 5.57 Å². The van der Waals surface area contributed by atoms with Crippen LogP contribution >= 0.6 is 0 Å². The van der Waals surface area contributed by atoms with Crippen molar-refractivity contribution in [3.8, 4) is 0 Å². The minimum absolute atomic E-state index is 0.726. The van der Waals surface area contributed by atoms with Gasteiger partial charge in [-0.1, -0.05) is 62.3 Å². The highest BCUT2D eigenvalue weighted by atomic mass is 15.1. The van der Waals surface area contributed by atoms with Gasteiger partial charge in [0.15, 0.2) is 0 Å². The zero-order chi connectivity index (χ0) is 16.1. The van der Waals surface area contributed by atoms with Crippen LogP contribution in [0.5, 0.6) is 0 Å². The van der Waals surface area contributed by atoms with Crippen molar-refractivity contribution in [3.63, 3.8) is 0 Å². The van der Waals surface area contributed by atoms with E-state index in [1.54, 1.807) is 18.2 Å². The van der Waals surface area contributed by atoms with Gasteiger partial charge in [0.05, 0.1) is 11.4 Å². The zero-order valence-corrected chi connectivity index (χ0v) is 13.2. The quantitative estimate of drug-likeness (QED) is 0.372. The molecule has 0 aromatic heterocycles. The van der Waals surface area contributed by atoms with Crippen LogP contribution in [0.15, 0.2) is 107 Å². The highest BCUT2D eigenvalue weighted by Crippen LogP contribution is 2.20. The highest BCUT2D eigenvalue weighted by Gasteiger charge is 2.03. The van der Waals surface area contributed by atoms with Crippen LogP contribution < -0.4 is 0 Å². The van der Waals surface area contributed by atoms with E-state index >= 15 is 0 Å². The van der Waals surface area contributed by atoms with E-state index in [1.807, 2.05) is 57.2 Å². The standard InChI is InChI=1S/C19H24N2/c1-7-12-15-18(16(6)10-4)19(14-9-3)21-20-17(11-5)13-8-2/h7-15H,1,3-4H2,2,5-6H3/b13-8-,15-12-,17-11+,18-16+,19-14+,21-20-. The van der Waals surface area contributed by atoms with Crippen molar-refractivity contribution in [1.29, 1.82) is 0 Å². The molecule has 0 aromatic rings. The molecule has 0 rings (SSSR count). The van der Waals surface area contributed by atoms with Gasteiger partial charge in [-0.05, 0) is 38.5 Å². The summed E-state index contributed by atoms with van der Waals surface area (Å²) in [5, 5.41) is 8.58. The molecule has 0 atom stereocenters. The number of azo groups is 1. The summed E-state index contributed by atoms with van der Waals surface area (Å²) in [6.07, 6.45) is 16.5. The predicted octanol–water partition coefficient (Wildman–Crippen LogP) is 6.23. The molecule has 0 spiro atoms. The normalized spacial score (nSPS) is 14.8. The summed E-state index contributed by atoms with van der Waals surface area (Å²) in [4.78, 5) is 0. The number of hydrogen-bond acceptors (Lipinski definition) is 2. The maximum absolute atomic E-state index is 4.33. The molecule has 0 bridgehead atoms. The van der Waals surface area contributed by atoms with Crippen LogP contribution in [0.1, 0.15) is 20.8 Å². The Hall–Kier alpha value is -2.48. The molecule has 0 aliphatic rings. The lowest BCUT2D eigenvalue weighted by molar-refractivity contribution is 1.09. The Bertz CT molecular complexity index is 550. The van der Waals surface area contributed by atoms with Crippen molar-refractivity contribution in [2.24, 2.45) is 10.2 Å². The van der Waals surface area contributed by atoms with Crippen LogP contribution in [0.3, 0.4) is 0 Å². The van der Waals surface area contributed by atoms with E-state index in [0.717, 1.165) is 22.5 Å². The molecule has 0 amide bonds. The highest BCUT2D eigenvalue weighted by molar-refractivity contribution is 5.47. The monoisotopic (exact) mass is 280 g/mol. The fourth-order valence-electron chi connectivity index (χ4n) is 1.45. The largest absolute Gasteiger partial charge is 0.151 e. The predicted molar refractivity (Wildman–Crippen MR) is 93.9 cm³/mol. The van der Waals surface area contributed by atoms with E-state index in [-0.39, 0.29) is 0 Å². The van der Waals surface area contributed by atoms with Crippen molar-refractivity contribution in [1.82, 2.24) is 0 Å². The van der Waals surface area contributed by atoms with Crippen LogP contribution in [0.4, 0.5) is 0 Å². The van der Waals surface area contributed by atoms with E-state index in [4.69, 9.17) is 0 Å². The lowest BCUT2D eigenvalue weighted by Gasteiger charge is -2.05. The van der Waals surface area contributed by atoms with E-state index in [9.17, 15) is 0 Å². The Morgan fingerprint density at radius 2 is 1.67 bits per heavy atom. The number of nitrogens with zero attached hydrogens (tertiary/aromatic N) is 2. The fraction of sp³-hybridized carbons (Fsp3) is 0.158. The van der Waals surface area contributed by atoms with Gasteiger partial charge in [-0.2, -0.15) is 5.11 Å². The third-order valence-corrected chi connectivity index (χ3v) is 2.59. The minimum atomic E-state index is 0.726. The lowest BCUT2D eigenvalue weighted by Crippen LogP contribution is -1.87. The van der Waals surface area contributed by atoms with Crippen LogP contribution in [-0.4, -0.2) is 0 Å². The van der Waals surface area contributed by atoms with E-state index < -0.39 is 0 Å². The summed E-state index contributed by atoms with van der Waals surface area (Å²) in [5.74, 6) is 0. The Balaban J connectivity index is 5.77. The van der Waals surface area contributed by atoms with Crippen LogP contribution in [0.2, 0.25) is 0 Å². The van der Waals surface area contributed by atoms with E-state index in [1.165, 1.54) is 0 Å². The maximum atomic E-state index is 4.33. The van der Waals surface area contributed by atoms with Gasteiger partial charge in [0.2, 0.25) is 0 Å². The van der Waals surface area contributed by atoms with Crippen molar-refractivity contribution in [2.75, 3.05) is 0 Å². The topological polar surface area (TPSA) is 24.7 Å². The van der Waals surface area contributed by atoms with Crippen molar-refractivity contribution < 1.29 is 0 Å². The molecule has 0 unspecified atom stereocenters. The minimum Gasteiger partial charge on any atom is -0.151 e. The molecule has 0 N–H and O–H groups in total. The van der Waals surface area contributed by atoms with Crippen LogP contribution in [0.25, 0.3) is 0 Å². The molecule has 0 aromatic carbocycles. The first-order chi connectivity index (χ1) is 10.1. The summed E-state index contributed by atoms with van der Waals surface area (Å²) in [7, 11) is 0. The molecule has 0 fully saturated rings. The van der Waals surface area contributed by atoms with E-state index in [2.05, 4.69) is 30.0 Å². The van der Waals surface area contributed by atoms with E-state index in [0.29, 0.717) is 0 Å². The average Bonchev–Trinajstić information content (AvgIpc) is 2.50. The van der Waals surface area contributed by atoms with Gasteiger partial charge >= 0.3 is 0 Å². The maximum Gasteiger partial charge on any atom is 0.0931 e. The van der Waals surface area contributed by atoms with Gasteiger partial charge in [-0.25, -0.2) is 0 Å². The van der Waals surface area contributed by atoms with Gasteiger partial charge in [-0.15, -0.1) is 5.11 Å². The Labute approximate surface area is 128 Å². The van der Waals surface area contributed by atoms with Crippen molar-refractivity contribution in [3.05, 3.63) is 97.0 Å². The summed E-state index contributed by atoms with van der Waals surface area (Å²) < 4.78 is 0. The first-order valence-electron chi connectivity index (χ1n) is 6.80. The van der Waals surface area contributed by atoms with Gasteiger partial charge in [0.1, 0.15) is 0 Å². The zero-order valence-electron chi connectivity index (χ0n) is 13.2. The molecule has 0 aliphatic heterocycles. The van der Waals surface area contributed by atoms with Gasteiger partial charge in [-0.3, -0.25) is 0 Å². The molecule has 110 valence electrons. The summed E-state index contributed by atoms with van der Waals surface area (Å²) in [6, 6.07) is 0. The lowest BCUT2D eigenvalue weighted by atomic mass is 10.1. The molecular weight excluding hydrogens is 256 g/mol. The summed E-state index contributed by atoms with van der Waals surface area (Å²) in [6.45, 7) is 17.1. The molecule has 0 aliphatic carbocycles. The second-order valence-electron chi connectivity index (χ2n) is 4.10. The molecule has 0 heterocycles. The average molecular weight is 280 g/mol. The molecular formula is C19H24N2. The molecule has 2 nitrogen and oxygen atoms in total. The Kier molecular flexibility index (Phi) is 10.0. The number of hydrogen-bond donors (Lipinski definition) is 0. The van der Waals surface area contributed by atoms with Crippen molar-refractivity contribution >= 4 is 0 Å². The second kappa shape index (κ2) is 11.4. The molecule has 21 heavy (non-hydrogen) atoms. The SMILES string of the molecule is C=C\C=C/C(C(=C\C=C)/N=N\C(\C=C/C)=C\C)=C(/C)C=C. The first-order valence-corrected chi connectivity index (χ1v) is 6.80. The Morgan fingerprint density at radius 3 is 2.14 bits per heavy atom. The van der Waals surface area contributed by atoms with Crippen molar-refractivity contribution in [2.45, 2.75) is 20.8 Å². The van der Waals surface area contributed by atoms with Gasteiger partial charge in [0.25, 0.3) is 0 Å². The fourth-order valence-corrected chi connectivity index (χ4v) is 1.45. The first kappa shape index (κ1) is 18.5. The summed E-state index contributed by atoms with van der Waals surface area (Å²) in [5.41, 5.74) is 3.47. The number of allylic oxidation sites excluding steroid dienone is 10. The number of rotatable bonds is 8. The smallest absolute Gasteiger partial charge is 0.0931 e. The molecule has 0 saturated heterocycles. The third kappa shape index (κ3) is 7.02. The molecule has 0 saturated carbocycles. The van der Waals surface area contributed by atoms with Crippen LogP contribution in [-0.2, 0) is 0 Å². The molecule has 2 heteroatoms. The second-order valence-corrected chi connectivity index (χ2v) is 4.10. The third-order valence-electron chi connectivity index (χ3n) is 2.59.